The van der Waals surface area contributed by atoms with Crippen molar-refractivity contribution < 1.29 is 4.79 Å². The van der Waals surface area contributed by atoms with Crippen LogP contribution in [0, 0.1) is 0 Å². The number of hydrogen-bond donors (Lipinski definition) is 2. The monoisotopic (exact) mass is 345 g/mol. The quantitative estimate of drug-likeness (QED) is 0.421. The third-order valence-corrected chi connectivity index (χ3v) is 3.97. The largest absolute Gasteiger partial charge is 0.384 e. The number of fused-ring (bicyclic) bond motifs is 1. The van der Waals surface area contributed by atoms with Crippen molar-refractivity contribution in [3.63, 3.8) is 0 Å². The molecular formula is C18H15N7O. The number of rotatable bonds is 5. The highest BCUT2D eigenvalue weighted by atomic mass is 16.1. The van der Waals surface area contributed by atoms with Crippen LogP contribution in [-0.2, 0) is 11.3 Å². The van der Waals surface area contributed by atoms with E-state index in [1.807, 2.05) is 41.2 Å². The second kappa shape index (κ2) is 6.60. The minimum Gasteiger partial charge on any atom is -0.384 e. The Hall–Kier alpha value is -3.81. The second-order valence-electron chi connectivity index (χ2n) is 5.73. The number of hydrogen-bond acceptors (Lipinski definition) is 6. The summed E-state index contributed by atoms with van der Waals surface area (Å²) in [6.07, 6.45) is 5.78. The number of aldehydes is 1. The number of carbonyl (C=O) groups excluding carboxylic acids is 1. The molecule has 3 aromatic heterocycles. The number of aromatic amines is 1. The topological polar surface area (TPSA) is 115 Å². The van der Waals surface area contributed by atoms with E-state index in [2.05, 4.69) is 25.5 Å². The first-order valence-corrected chi connectivity index (χ1v) is 7.94. The van der Waals surface area contributed by atoms with Gasteiger partial charge < -0.3 is 5.73 Å². The number of H-pyrrole nitrogens is 1. The normalized spacial score (nSPS) is 11.8. The number of carbonyl (C=O) groups is 1. The molecule has 0 fully saturated rings. The van der Waals surface area contributed by atoms with Gasteiger partial charge >= 0.3 is 0 Å². The summed E-state index contributed by atoms with van der Waals surface area (Å²) >= 11 is 0. The van der Waals surface area contributed by atoms with Gasteiger partial charge in [-0.1, -0.05) is 35.5 Å². The summed E-state index contributed by atoms with van der Waals surface area (Å²) in [6.45, 7) is 0.632. The van der Waals surface area contributed by atoms with Crippen molar-refractivity contribution in [1.82, 2.24) is 30.2 Å². The molecule has 0 unspecified atom stereocenters. The lowest BCUT2D eigenvalue weighted by molar-refractivity contribution is -0.104. The van der Waals surface area contributed by atoms with Crippen LogP contribution in [0.5, 0.6) is 0 Å². The van der Waals surface area contributed by atoms with Gasteiger partial charge in [0, 0.05) is 17.3 Å². The molecule has 0 saturated carbocycles. The summed E-state index contributed by atoms with van der Waals surface area (Å²) in [5.74, 6) is 0.312. The summed E-state index contributed by atoms with van der Waals surface area (Å²) in [6, 6.07) is 11.7. The minimum atomic E-state index is 0.312. The summed E-state index contributed by atoms with van der Waals surface area (Å²) in [7, 11) is 0. The molecule has 26 heavy (non-hydrogen) atoms. The van der Waals surface area contributed by atoms with Crippen molar-refractivity contribution >= 4 is 28.8 Å². The Morgan fingerprint density at radius 3 is 2.92 bits per heavy atom. The number of nitrogen functional groups attached to an aromatic ring is 1. The molecule has 4 aromatic rings. The van der Waals surface area contributed by atoms with Crippen LogP contribution in [-0.4, -0.2) is 36.5 Å². The van der Waals surface area contributed by atoms with Crippen LogP contribution in [0.3, 0.4) is 0 Å². The molecule has 0 aliphatic heterocycles. The van der Waals surface area contributed by atoms with Gasteiger partial charge in [0.15, 0.2) is 5.65 Å². The van der Waals surface area contributed by atoms with Gasteiger partial charge in [-0.05, 0) is 23.3 Å². The van der Waals surface area contributed by atoms with Crippen molar-refractivity contribution in [2.24, 2.45) is 0 Å². The third-order valence-electron chi connectivity index (χ3n) is 3.97. The number of allylic oxidation sites excluding steroid dienone is 1. The summed E-state index contributed by atoms with van der Waals surface area (Å²) < 4.78 is 1.81. The van der Waals surface area contributed by atoms with Gasteiger partial charge in [-0.2, -0.15) is 5.10 Å². The second-order valence-corrected chi connectivity index (χ2v) is 5.73. The van der Waals surface area contributed by atoms with E-state index in [0.717, 1.165) is 17.4 Å². The van der Waals surface area contributed by atoms with Crippen molar-refractivity contribution in [3.05, 3.63) is 71.6 Å². The lowest BCUT2D eigenvalue weighted by atomic mass is 10.0. The zero-order chi connectivity index (χ0) is 17.9. The smallest absolute Gasteiger partial charge is 0.178 e. The maximum absolute atomic E-state index is 11.2. The van der Waals surface area contributed by atoms with Gasteiger partial charge in [0.1, 0.15) is 17.6 Å². The van der Waals surface area contributed by atoms with Gasteiger partial charge in [-0.25, -0.2) is 10.1 Å². The molecule has 0 radical (unpaired) electrons. The predicted octanol–water partition coefficient (Wildman–Crippen LogP) is 1.81. The molecular weight excluding hydrogens is 330 g/mol. The van der Waals surface area contributed by atoms with Crippen LogP contribution in [0.15, 0.2) is 54.9 Å². The van der Waals surface area contributed by atoms with Gasteiger partial charge in [0.25, 0.3) is 0 Å². The van der Waals surface area contributed by atoms with Crippen LogP contribution < -0.4 is 5.73 Å². The maximum atomic E-state index is 11.2. The molecule has 4 rings (SSSR count). The van der Waals surface area contributed by atoms with E-state index in [1.165, 1.54) is 6.08 Å². The average molecular weight is 345 g/mol. The van der Waals surface area contributed by atoms with E-state index in [1.54, 1.807) is 12.3 Å². The first-order chi connectivity index (χ1) is 12.7. The molecule has 3 N–H and O–H groups in total. The Bertz CT molecular complexity index is 1100. The Morgan fingerprint density at radius 1 is 1.27 bits per heavy atom. The first-order valence-electron chi connectivity index (χ1n) is 7.94. The predicted molar refractivity (Wildman–Crippen MR) is 97.0 cm³/mol. The number of aromatic nitrogens is 6. The highest BCUT2D eigenvalue weighted by Crippen LogP contribution is 2.28. The summed E-state index contributed by atoms with van der Waals surface area (Å²) in [4.78, 5) is 15.4. The van der Waals surface area contributed by atoms with Gasteiger partial charge in [-0.15, -0.1) is 5.10 Å². The molecule has 0 spiro atoms. The van der Waals surface area contributed by atoms with Gasteiger partial charge in [-0.3, -0.25) is 9.48 Å². The molecule has 8 nitrogen and oxygen atoms in total. The highest BCUT2D eigenvalue weighted by molar-refractivity contribution is 5.97. The van der Waals surface area contributed by atoms with Crippen LogP contribution in [0.2, 0.25) is 0 Å². The van der Waals surface area contributed by atoms with Crippen molar-refractivity contribution in [1.29, 1.82) is 0 Å². The van der Waals surface area contributed by atoms with Crippen molar-refractivity contribution in [3.8, 4) is 0 Å². The van der Waals surface area contributed by atoms with Crippen LogP contribution >= 0.6 is 0 Å². The molecule has 0 amide bonds. The molecule has 128 valence electrons. The van der Waals surface area contributed by atoms with Gasteiger partial charge in [0.2, 0.25) is 0 Å². The highest BCUT2D eigenvalue weighted by Gasteiger charge is 2.15. The Morgan fingerprint density at radius 2 is 2.12 bits per heavy atom. The van der Waals surface area contributed by atoms with Crippen LogP contribution in [0.25, 0.3) is 16.7 Å². The van der Waals surface area contributed by atoms with Gasteiger partial charge in [0.05, 0.1) is 12.7 Å². The zero-order valence-electron chi connectivity index (χ0n) is 13.7. The molecule has 8 heteroatoms. The fourth-order valence-corrected chi connectivity index (χ4v) is 2.83. The first kappa shape index (κ1) is 15.7. The number of pyridine rings is 1. The third kappa shape index (κ3) is 2.95. The SMILES string of the molecule is Nc1cc(/C(=C/C=O)c2cnn(Cc3ccccc3)c2)c2nn[nH]c2n1. The number of nitrogens with one attached hydrogen (secondary N) is 1. The van der Waals surface area contributed by atoms with E-state index >= 15 is 0 Å². The fourth-order valence-electron chi connectivity index (χ4n) is 2.83. The fraction of sp³-hybridized carbons (Fsp3) is 0.0556. The average Bonchev–Trinajstić information content (AvgIpc) is 3.29. The van der Waals surface area contributed by atoms with Crippen LogP contribution in [0.4, 0.5) is 5.82 Å². The number of benzene rings is 1. The number of nitrogens with zero attached hydrogens (tertiary/aromatic N) is 5. The molecule has 0 saturated heterocycles. The molecule has 3 heterocycles. The van der Waals surface area contributed by atoms with Crippen molar-refractivity contribution in [2.75, 3.05) is 5.73 Å². The summed E-state index contributed by atoms with van der Waals surface area (Å²) in [5, 5.41) is 14.9. The van der Waals surface area contributed by atoms with E-state index in [0.29, 0.717) is 34.7 Å². The summed E-state index contributed by atoms with van der Waals surface area (Å²) in [5.41, 5.74) is 10.1. The van der Waals surface area contributed by atoms with E-state index in [-0.39, 0.29) is 0 Å². The molecule has 1 aromatic carbocycles. The molecule has 0 aliphatic rings. The van der Waals surface area contributed by atoms with E-state index in [4.69, 9.17) is 5.73 Å². The van der Waals surface area contributed by atoms with E-state index < -0.39 is 0 Å². The number of nitrogens with two attached hydrogens (primary N) is 1. The zero-order valence-corrected chi connectivity index (χ0v) is 13.7. The molecule has 0 bridgehead atoms. The Balaban J connectivity index is 1.75. The standard InChI is InChI=1S/C18H15N7O/c19-16-8-15(17-18(21-16)23-24-22-17)14(6-7-26)13-9-20-25(11-13)10-12-4-2-1-3-5-12/h1-9,11H,10H2,(H3,19,21,22,23,24)/b14-6+. The minimum absolute atomic E-state index is 0.312. The van der Waals surface area contributed by atoms with Crippen LogP contribution in [0.1, 0.15) is 16.7 Å². The Labute approximate surface area is 148 Å². The lowest BCUT2D eigenvalue weighted by Gasteiger charge is -2.06. The maximum Gasteiger partial charge on any atom is 0.178 e. The molecule has 0 atom stereocenters. The molecule has 0 aliphatic carbocycles. The van der Waals surface area contributed by atoms with Crippen molar-refractivity contribution in [2.45, 2.75) is 6.54 Å². The number of anilines is 1. The van der Waals surface area contributed by atoms with E-state index in [9.17, 15) is 4.79 Å². The lowest BCUT2D eigenvalue weighted by Crippen LogP contribution is -1.99. The Kier molecular flexibility index (Phi) is 3.98.